The smallest absolute Gasteiger partial charge is 0.0574 e. The molecule has 0 aromatic heterocycles. The highest BCUT2D eigenvalue weighted by molar-refractivity contribution is 5.39. The summed E-state index contributed by atoms with van der Waals surface area (Å²) in [5.41, 5.74) is 6.93. The van der Waals surface area contributed by atoms with Gasteiger partial charge in [0.2, 0.25) is 0 Å². The zero-order valence-corrected chi connectivity index (χ0v) is 13.3. The first-order chi connectivity index (χ1) is 10.2. The van der Waals surface area contributed by atoms with Gasteiger partial charge in [0, 0.05) is 0 Å². The summed E-state index contributed by atoms with van der Waals surface area (Å²) in [5.74, 6) is 0.793. The Kier molecular flexibility index (Phi) is 4.12. The van der Waals surface area contributed by atoms with Crippen LogP contribution in [0.15, 0.2) is 42.5 Å². The maximum Gasteiger partial charge on any atom is 0.0574 e. The maximum atomic E-state index is 3.49. The zero-order valence-electron chi connectivity index (χ0n) is 13.3. The Balaban J connectivity index is 1.95. The van der Waals surface area contributed by atoms with Gasteiger partial charge < -0.3 is 5.32 Å². The first-order valence-corrected chi connectivity index (χ1v) is 8.02. The number of hydrogen-bond acceptors (Lipinski definition) is 1. The lowest BCUT2D eigenvalue weighted by Crippen LogP contribution is -2.18. The average Bonchev–Trinajstić information content (AvgIpc) is 2.37. The van der Waals surface area contributed by atoms with Crippen LogP contribution in [0.1, 0.15) is 59.0 Å². The van der Waals surface area contributed by atoms with E-state index in [9.17, 15) is 0 Å². The topological polar surface area (TPSA) is 12.0 Å². The number of rotatable bonds is 4. The first-order valence-electron chi connectivity index (χ1n) is 8.02. The molecule has 1 saturated carbocycles. The normalized spacial score (nSPS) is 16.5. The lowest BCUT2D eigenvalue weighted by Gasteiger charge is -2.27. The fourth-order valence-corrected chi connectivity index (χ4v) is 3.44. The van der Waals surface area contributed by atoms with Crippen LogP contribution in [-0.2, 0) is 0 Å². The second kappa shape index (κ2) is 6.03. The van der Waals surface area contributed by atoms with Crippen molar-refractivity contribution in [2.75, 3.05) is 7.05 Å². The third-order valence-corrected chi connectivity index (χ3v) is 4.69. The highest BCUT2D eigenvalue weighted by atomic mass is 14.9. The van der Waals surface area contributed by atoms with E-state index in [4.69, 9.17) is 0 Å². The van der Waals surface area contributed by atoms with Gasteiger partial charge in [-0.1, -0.05) is 60.0 Å². The van der Waals surface area contributed by atoms with Crippen LogP contribution in [0.2, 0.25) is 0 Å². The van der Waals surface area contributed by atoms with Crippen LogP contribution in [0.4, 0.5) is 0 Å². The number of hydrogen-bond donors (Lipinski definition) is 1. The molecule has 2 aromatic rings. The average molecular weight is 279 g/mol. The number of benzene rings is 2. The fraction of sp³-hybridized carbons (Fsp3) is 0.400. The van der Waals surface area contributed by atoms with Gasteiger partial charge in [0.1, 0.15) is 0 Å². The molecule has 1 N–H and O–H groups in total. The number of aryl methyl sites for hydroxylation is 2. The molecule has 0 radical (unpaired) electrons. The summed E-state index contributed by atoms with van der Waals surface area (Å²) in [5, 5.41) is 3.49. The Labute approximate surface area is 128 Å². The Morgan fingerprint density at radius 3 is 2.24 bits per heavy atom. The SMILES string of the molecule is CNC(c1cc(C)cc(C)c1)c1cccc(C2CCC2)c1. The molecule has 1 unspecified atom stereocenters. The van der Waals surface area contributed by atoms with Gasteiger partial charge in [-0.3, -0.25) is 0 Å². The van der Waals surface area contributed by atoms with Crippen LogP contribution in [0.25, 0.3) is 0 Å². The molecule has 1 heteroatoms. The first kappa shape index (κ1) is 14.3. The molecular weight excluding hydrogens is 254 g/mol. The summed E-state index contributed by atoms with van der Waals surface area (Å²) in [6.45, 7) is 4.35. The molecule has 3 rings (SSSR count). The van der Waals surface area contributed by atoms with Crippen molar-refractivity contribution in [2.24, 2.45) is 0 Å². The second-order valence-electron chi connectivity index (χ2n) is 6.44. The monoisotopic (exact) mass is 279 g/mol. The molecule has 0 heterocycles. The molecule has 110 valence electrons. The third kappa shape index (κ3) is 3.03. The van der Waals surface area contributed by atoms with Crippen molar-refractivity contribution in [3.63, 3.8) is 0 Å². The van der Waals surface area contributed by atoms with Crippen molar-refractivity contribution in [1.29, 1.82) is 0 Å². The van der Waals surface area contributed by atoms with Crippen LogP contribution >= 0.6 is 0 Å². The minimum Gasteiger partial charge on any atom is -0.309 e. The van der Waals surface area contributed by atoms with Gasteiger partial charge in [-0.15, -0.1) is 0 Å². The predicted octanol–water partition coefficient (Wildman–Crippen LogP) is 4.88. The molecule has 2 aromatic carbocycles. The maximum absolute atomic E-state index is 3.49. The van der Waals surface area contributed by atoms with E-state index in [0.29, 0.717) is 0 Å². The lowest BCUT2D eigenvalue weighted by atomic mass is 9.79. The van der Waals surface area contributed by atoms with Gasteiger partial charge in [0.05, 0.1) is 6.04 Å². The van der Waals surface area contributed by atoms with E-state index in [1.165, 1.54) is 47.1 Å². The van der Waals surface area contributed by atoms with Crippen LogP contribution in [-0.4, -0.2) is 7.05 Å². The molecule has 1 aliphatic carbocycles. The van der Waals surface area contributed by atoms with Gasteiger partial charge in [-0.2, -0.15) is 0 Å². The predicted molar refractivity (Wildman–Crippen MR) is 89.9 cm³/mol. The van der Waals surface area contributed by atoms with Crippen LogP contribution in [0.5, 0.6) is 0 Å². The van der Waals surface area contributed by atoms with Gasteiger partial charge in [-0.25, -0.2) is 0 Å². The van der Waals surface area contributed by atoms with Crippen LogP contribution in [0, 0.1) is 13.8 Å². The van der Waals surface area contributed by atoms with E-state index >= 15 is 0 Å². The highest BCUT2D eigenvalue weighted by Gasteiger charge is 2.21. The Bertz CT molecular complexity index is 605. The lowest BCUT2D eigenvalue weighted by molar-refractivity contribution is 0.419. The summed E-state index contributed by atoms with van der Waals surface area (Å²) in [4.78, 5) is 0. The Morgan fingerprint density at radius 2 is 1.67 bits per heavy atom. The number of nitrogens with one attached hydrogen (secondary N) is 1. The van der Waals surface area contributed by atoms with Crippen molar-refractivity contribution in [3.05, 3.63) is 70.3 Å². The summed E-state index contributed by atoms with van der Waals surface area (Å²) in [6.07, 6.45) is 4.11. The van der Waals surface area contributed by atoms with Gasteiger partial charge in [-0.05, 0) is 56.3 Å². The van der Waals surface area contributed by atoms with Crippen molar-refractivity contribution in [2.45, 2.75) is 45.1 Å². The second-order valence-corrected chi connectivity index (χ2v) is 6.44. The third-order valence-electron chi connectivity index (χ3n) is 4.69. The summed E-state index contributed by atoms with van der Waals surface area (Å²) < 4.78 is 0. The summed E-state index contributed by atoms with van der Waals surface area (Å²) >= 11 is 0. The van der Waals surface area contributed by atoms with Crippen LogP contribution in [0.3, 0.4) is 0 Å². The standard InChI is InChI=1S/C20H25N/c1-14-10-15(2)12-19(11-14)20(21-3)18-9-5-8-17(13-18)16-6-4-7-16/h5,8-13,16,20-21H,4,6-7H2,1-3H3. The molecular formula is C20H25N. The van der Waals surface area contributed by atoms with E-state index < -0.39 is 0 Å². The van der Waals surface area contributed by atoms with Gasteiger partial charge in [0.15, 0.2) is 0 Å². The molecule has 21 heavy (non-hydrogen) atoms. The molecule has 1 aliphatic rings. The fourth-order valence-electron chi connectivity index (χ4n) is 3.44. The molecule has 0 amide bonds. The summed E-state index contributed by atoms with van der Waals surface area (Å²) in [6, 6.07) is 16.3. The zero-order chi connectivity index (χ0) is 14.8. The van der Waals surface area contributed by atoms with Gasteiger partial charge >= 0.3 is 0 Å². The molecule has 1 nitrogen and oxygen atoms in total. The Hall–Kier alpha value is -1.60. The Morgan fingerprint density at radius 1 is 0.952 bits per heavy atom. The largest absolute Gasteiger partial charge is 0.309 e. The van der Waals surface area contributed by atoms with E-state index in [0.717, 1.165) is 5.92 Å². The summed E-state index contributed by atoms with van der Waals surface area (Å²) in [7, 11) is 2.05. The van der Waals surface area contributed by atoms with E-state index in [2.05, 4.69) is 68.7 Å². The highest BCUT2D eigenvalue weighted by Crippen LogP contribution is 2.37. The van der Waals surface area contributed by atoms with Gasteiger partial charge in [0.25, 0.3) is 0 Å². The van der Waals surface area contributed by atoms with Crippen LogP contribution < -0.4 is 5.32 Å². The van der Waals surface area contributed by atoms with E-state index in [-0.39, 0.29) is 6.04 Å². The van der Waals surface area contributed by atoms with E-state index in [1.807, 2.05) is 0 Å². The van der Waals surface area contributed by atoms with Crippen molar-refractivity contribution in [1.82, 2.24) is 5.32 Å². The minimum absolute atomic E-state index is 0.281. The van der Waals surface area contributed by atoms with Crippen molar-refractivity contribution in [3.8, 4) is 0 Å². The van der Waals surface area contributed by atoms with Crippen molar-refractivity contribution >= 4 is 0 Å². The molecule has 1 fully saturated rings. The van der Waals surface area contributed by atoms with E-state index in [1.54, 1.807) is 0 Å². The molecule has 0 aliphatic heterocycles. The molecule has 0 bridgehead atoms. The molecule has 0 spiro atoms. The quantitative estimate of drug-likeness (QED) is 0.841. The van der Waals surface area contributed by atoms with Crippen molar-refractivity contribution < 1.29 is 0 Å². The molecule has 1 atom stereocenters. The minimum atomic E-state index is 0.281. The molecule has 0 saturated heterocycles.